The molecule has 1 N–H and O–H groups in total. The van der Waals surface area contributed by atoms with E-state index in [4.69, 9.17) is 0 Å². The Balaban J connectivity index is 1.59. The molecule has 7 heteroatoms. The van der Waals surface area contributed by atoms with E-state index in [1.54, 1.807) is 6.07 Å². The standard InChI is InChI=1S/C20H13N3O3S/c24-19(16-7-3-4-8-18(16)23(25)26)22-20-21-17(12-27-20)15-10-9-13-5-1-2-6-14(13)11-15/h1-12H,(H,21,22,24). The van der Waals surface area contributed by atoms with Crippen molar-refractivity contribution in [2.45, 2.75) is 0 Å². The summed E-state index contributed by atoms with van der Waals surface area (Å²) in [6.45, 7) is 0. The number of fused-ring (bicyclic) bond motifs is 1. The average Bonchev–Trinajstić information content (AvgIpc) is 3.16. The highest BCUT2D eigenvalue weighted by Crippen LogP contribution is 2.28. The van der Waals surface area contributed by atoms with Crippen molar-refractivity contribution in [3.8, 4) is 11.3 Å². The van der Waals surface area contributed by atoms with Crippen LogP contribution >= 0.6 is 11.3 Å². The van der Waals surface area contributed by atoms with Gasteiger partial charge in [-0.3, -0.25) is 20.2 Å². The van der Waals surface area contributed by atoms with Gasteiger partial charge in [-0.1, -0.05) is 48.5 Å². The zero-order chi connectivity index (χ0) is 18.8. The van der Waals surface area contributed by atoms with E-state index >= 15 is 0 Å². The fraction of sp³-hybridized carbons (Fsp3) is 0. The van der Waals surface area contributed by atoms with Gasteiger partial charge in [0.25, 0.3) is 11.6 Å². The van der Waals surface area contributed by atoms with Crippen LogP contribution in [0.1, 0.15) is 10.4 Å². The summed E-state index contributed by atoms with van der Waals surface area (Å²) < 4.78 is 0. The number of nitro groups is 1. The van der Waals surface area contributed by atoms with Crippen LogP contribution in [0.3, 0.4) is 0 Å². The first-order valence-corrected chi connectivity index (χ1v) is 8.99. The van der Waals surface area contributed by atoms with E-state index in [1.165, 1.54) is 29.5 Å². The lowest BCUT2D eigenvalue weighted by Crippen LogP contribution is -2.13. The number of nitro benzene ring substituents is 1. The number of thiazole rings is 1. The van der Waals surface area contributed by atoms with Gasteiger partial charge in [0.2, 0.25) is 0 Å². The lowest BCUT2D eigenvalue weighted by atomic mass is 10.1. The first-order chi connectivity index (χ1) is 13.1. The molecular weight excluding hydrogens is 362 g/mol. The molecule has 0 unspecified atom stereocenters. The minimum atomic E-state index is -0.572. The normalized spacial score (nSPS) is 10.7. The summed E-state index contributed by atoms with van der Waals surface area (Å²) in [7, 11) is 0. The number of carbonyl (C=O) groups is 1. The Morgan fingerprint density at radius 3 is 2.56 bits per heavy atom. The fourth-order valence-corrected chi connectivity index (χ4v) is 3.52. The topological polar surface area (TPSA) is 85.1 Å². The summed E-state index contributed by atoms with van der Waals surface area (Å²) in [5.41, 5.74) is 1.45. The van der Waals surface area contributed by atoms with Crippen molar-refractivity contribution in [1.82, 2.24) is 4.98 Å². The molecule has 4 aromatic rings. The molecule has 0 spiro atoms. The van der Waals surface area contributed by atoms with Gasteiger partial charge >= 0.3 is 0 Å². The quantitative estimate of drug-likeness (QED) is 0.396. The number of nitrogens with one attached hydrogen (secondary N) is 1. The van der Waals surface area contributed by atoms with E-state index < -0.39 is 10.8 Å². The predicted molar refractivity (Wildman–Crippen MR) is 106 cm³/mol. The average molecular weight is 375 g/mol. The number of carbonyl (C=O) groups excluding carboxylic acids is 1. The molecule has 0 saturated carbocycles. The fourth-order valence-electron chi connectivity index (χ4n) is 2.80. The minimum absolute atomic E-state index is 0.00459. The van der Waals surface area contributed by atoms with Crippen molar-refractivity contribution in [3.05, 3.63) is 87.8 Å². The molecule has 0 fully saturated rings. The molecule has 1 amide bonds. The van der Waals surface area contributed by atoms with Crippen LogP contribution in [0.5, 0.6) is 0 Å². The number of hydrogen-bond donors (Lipinski definition) is 1. The zero-order valence-electron chi connectivity index (χ0n) is 14.0. The van der Waals surface area contributed by atoms with Gasteiger partial charge in [0.15, 0.2) is 5.13 Å². The smallest absolute Gasteiger partial charge is 0.282 e. The third-order valence-electron chi connectivity index (χ3n) is 4.12. The first-order valence-electron chi connectivity index (χ1n) is 8.11. The SMILES string of the molecule is O=C(Nc1nc(-c2ccc3ccccc3c2)cs1)c1ccccc1[N+](=O)[O-]. The van der Waals surface area contributed by atoms with Gasteiger partial charge < -0.3 is 0 Å². The molecule has 0 aliphatic carbocycles. The maximum Gasteiger partial charge on any atom is 0.282 e. The monoisotopic (exact) mass is 375 g/mol. The molecule has 0 aliphatic heterocycles. The van der Waals surface area contributed by atoms with Crippen LogP contribution in [0, 0.1) is 10.1 Å². The highest BCUT2D eigenvalue weighted by atomic mass is 32.1. The third-order valence-corrected chi connectivity index (χ3v) is 4.87. The van der Waals surface area contributed by atoms with Crippen LogP contribution in [-0.4, -0.2) is 15.8 Å². The molecule has 0 aliphatic rings. The van der Waals surface area contributed by atoms with E-state index in [9.17, 15) is 14.9 Å². The lowest BCUT2D eigenvalue weighted by Gasteiger charge is -2.03. The Kier molecular flexibility index (Phi) is 4.35. The molecule has 27 heavy (non-hydrogen) atoms. The van der Waals surface area contributed by atoms with Crippen LogP contribution in [0.2, 0.25) is 0 Å². The molecule has 0 radical (unpaired) electrons. The predicted octanol–water partition coefficient (Wildman–Crippen LogP) is 5.12. The van der Waals surface area contributed by atoms with Crippen molar-refractivity contribution in [2.24, 2.45) is 0 Å². The van der Waals surface area contributed by atoms with Crippen molar-refractivity contribution >= 4 is 38.8 Å². The minimum Gasteiger partial charge on any atom is -0.298 e. The van der Waals surface area contributed by atoms with Gasteiger partial charge in [-0.25, -0.2) is 4.98 Å². The number of aromatic nitrogens is 1. The number of hydrogen-bond acceptors (Lipinski definition) is 5. The largest absolute Gasteiger partial charge is 0.298 e. The summed E-state index contributed by atoms with van der Waals surface area (Å²) in [6, 6.07) is 19.9. The van der Waals surface area contributed by atoms with Gasteiger partial charge in [-0.05, 0) is 22.9 Å². The lowest BCUT2D eigenvalue weighted by molar-refractivity contribution is -0.385. The van der Waals surface area contributed by atoms with Gasteiger partial charge in [0.1, 0.15) is 5.56 Å². The zero-order valence-corrected chi connectivity index (χ0v) is 14.8. The summed E-state index contributed by atoms with van der Waals surface area (Å²) in [5, 5.41) is 18.2. The van der Waals surface area contributed by atoms with E-state index in [1.807, 2.05) is 47.8 Å². The van der Waals surface area contributed by atoms with Crippen LogP contribution in [-0.2, 0) is 0 Å². The Labute approximate surface area is 158 Å². The Bertz CT molecular complexity index is 1170. The number of nitrogens with zero attached hydrogens (tertiary/aromatic N) is 2. The highest BCUT2D eigenvalue weighted by molar-refractivity contribution is 7.14. The molecule has 1 heterocycles. The van der Waals surface area contributed by atoms with E-state index in [-0.39, 0.29) is 11.3 Å². The maximum absolute atomic E-state index is 12.4. The molecular formula is C20H13N3O3S. The van der Waals surface area contributed by atoms with E-state index in [2.05, 4.69) is 10.3 Å². The second-order valence-corrected chi connectivity index (χ2v) is 6.69. The van der Waals surface area contributed by atoms with Gasteiger partial charge in [-0.2, -0.15) is 0 Å². The summed E-state index contributed by atoms with van der Waals surface area (Å²) in [4.78, 5) is 27.4. The number of para-hydroxylation sites is 1. The molecule has 0 bridgehead atoms. The van der Waals surface area contributed by atoms with Gasteiger partial charge in [0.05, 0.1) is 10.6 Å². The van der Waals surface area contributed by atoms with Crippen molar-refractivity contribution < 1.29 is 9.72 Å². The molecule has 6 nitrogen and oxygen atoms in total. The van der Waals surface area contributed by atoms with Gasteiger partial charge in [-0.15, -0.1) is 11.3 Å². The second kappa shape index (κ2) is 6.97. The molecule has 132 valence electrons. The van der Waals surface area contributed by atoms with Crippen LogP contribution < -0.4 is 5.32 Å². The first kappa shape index (κ1) is 16.9. The van der Waals surface area contributed by atoms with Crippen molar-refractivity contribution in [3.63, 3.8) is 0 Å². The third kappa shape index (κ3) is 3.40. The van der Waals surface area contributed by atoms with E-state index in [0.717, 1.165) is 22.0 Å². The molecule has 1 aromatic heterocycles. The number of amides is 1. The molecule has 0 saturated heterocycles. The Morgan fingerprint density at radius 2 is 1.74 bits per heavy atom. The summed E-state index contributed by atoms with van der Waals surface area (Å²) in [6.07, 6.45) is 0. The highest BCUT2D eigenvalue weighted by Gasteiger charge is 2.20. The Hall–Kier alpha value is -3.58. The second-order valence-electron chi connectivity index (χ2n) is 5.83. The van der Waals surface area contributed by atoms with Crippen molar-refractivity contribution in [2.75, 3.05) is 5.32 Å². The number of benzene rings is 3. The van der Waals surface area contributed by atoms with Crippen LogP contribution in [0.4, 0.5) is 10.8 Å². The van der Waals surface area contributed by atoms with Crippen LogP contribution in [0.15, 0.2) is 72.1 Å². The summed E-state index contributed by atoms with van der Waals surface area (Å²) >= 11 is 1.27. The maximum atomic E-state index is 12.4. The molecule has 0 atom stereocenters. The molecule has 3 aromatic carbocycles. The van der Waals surface area contributed by atoms with Crippen molar-refractivity contribution in [1.29, 1.82) is 0 Å². The summed E-state index contributed by atoms with van der Waals surface area (Å²) in [5.74, 6) is -0.554. The van der Waals surface area contributed by atoms with Crippen LogP contribution in [0.25, 0.3) is 22.0 Å². The number of anilines is 1. The van der Waals surface area contributed by atoms with E-state index in [0.29, 0.717) is 5.13 Å². The number of rotatable bonds is 4. The molecule has 4 rings (SSSR count). The Morgan fingerprint density at radius 1 is 1.00 bits per heavy atom. The van der Waals surface area contributed by atoms with Gasteiger partial charge in [0, 0.05) is 17.0 Å².